The molecule has 106 valence electrons. The number of carbonyl (C=O) groups excluding carboxylic acids is 1. The highest BCUT2D eigenvalue weighted by Gasteiger charge is 2.43. The number of aliphatic hydroxyl groups is 1. The van der Waals surface area contributed by atoms with E-state index < -0.39 is 23.3 Å². The molecule has 3 nitrogen and oxygen atoms in total. The second-order valence-corrected chi connectivity index (χ2v) is 4.64. The molecule has 1 aromatic carbocycles. The van der Waals surface area contributed by atoms with Gasteiger partial charge in [0.15, 0.2) is 5.60 Å². The number of hydrogen-bond donors (Lipinski definition) is 1. The van der Waals surface area contributed by atoms with Crippen LogP contribution in [0.5, 0.6) is 0 Å². The van der Waals surface area contributed by atoms with Crippen molar-refractivity contribution in [3.8, 4) is 0 Å². The first-order chi connectivity index (χ1) is 8.97. The maximum atomic E-state index is 13.8. The lowest BCUT2D eigenvalue weighted by Gasteiger charge is -2.32. The van der Waals surface area contributed by atoms with E-state index >= 15 is 0 Å². The lowest BCUT2D eigenvalue weighted by molar-refractivity contribution is -0.168. The van der Waals surface area contributed by atoms with E-state index in [2.05, 4.69) is 0 Å². The largest absolute Gasteiger partial charge is 0.464 e. The molecule has 2 unspecified atom stereocenters. The summed E-state index contributed by atoms with van der Waals surface area (Å²) in [7, 11) is 0. The Balaban J connectivity index is 3.11. The maximum Gasteiger partial charge on any atom is 0.338 e. The van der Waals surface area contributed by atoms with E-state index in [1.807, 2.05) is 6.92 Å². The number of esters is 1. The average Bonchev–Trinajstić information content (AvgIpc) is 2.39. The molecular formula is C15H21FO3. The normalized spacial score (nSPS) is 15.6. The Kier molecular flexibility index (Phi) is 5.48. The number of rotatable bonds is 6. The molecule has 0 amide bonds. The predicted molar refractivity (Wildman–Crippen MR) is 71.3 cm³/mol. The summed E-state index contributed by atoms with van der Waals surface area (Å²) < 4.78 is 18.7. The Morgan fingerprint density at radius 3 is 2.58 bits per heavy atom. The molecule has 0 spiro atoms. The van der Waals surface area contributed by atoms with Gasteiger partial charge in [-0.1, -0.05) is 38.5 Å². The third-order valence-electron chi connectivity index (χ3n) is 3.35. The summed E-state index contributed by atoms with van der Waals surface area (Å²) in [6.07, 6.45) is 0.843. The molecule has 0 fully saturated rings. The van der Waals surface area contributed by atoms with Crippen molar-refractivity contribution in [3.05, 3.63) is 35.6 Å². The number of hydrogen-bond acceptors (Lipinski definition) is 3. The summed E-state index contributed by atoms with van der Waals surface area (Å²) in [6, 6.07) is 6.17. The summed E-state index contributed by atoms with van der Waals surface area (Å²) in [5, 5.41) is 10.6. The van der Waals surface area contributed by atoms with Gasteiger partial charge in [0.05, 0.1) is 6.61 Å². The highest BCUT2D eigenvalue weighted by atomic mass is 19.1. The fourth-order valence-electron chi connectivity index (χ4n) is 2.22. The Morgan fingerprint density at radius 1 is 1.42 bits per heavy atom. The number of carbonyl (C=O) groups is 1. The molecule has 0 bridgehead atoms. The van der Waals surface area contributed by atoms with Gasteiger partial charge in [-0.3, -0.25) is 0 Å². The fourth-order valence-corrected chi connectivity index (χ4v) is 2.22. The first kappa shape index (κ1) is 15.6. The quantitative estimate of drug-likeness (QED) is 0.807. The van der Waals surface area contributed by atoms with Gasteiger partial charge in [-0.2, -0.15) is 0 Å². The van der Waals surface area contributed by atoms with Crippen LogP contribution in [-0.2, 0) is 9.53 Å². The zero-order valence-electron chi connectivity index (χ0n) is 11.6. The van der Waals surface area contributed by atoms with Crippen molar-refractivity contribution < 1.29 is 19.0 Å². The molecule has 0 radical (unpaired) electrons. The average molecular weight is 268 g/mol. The molecule has 1 N–H and O–H groups in total. The summed E-state index contributed by atoms with van der Waals surface area (Å²) in [5.41, 5.74) is -1.36. The lowest BCUT2D eigenvalue weighted by Crippen LogP contribution is -2.45. The molecule has 1 rings (SSSR count). The van der Waals surface area contributed by atoms with Crippen molar-refractivity contribution >= 4 is 5.97 Å². The van der Waals surface area contributed by atoms with Crippen molar-refractivity contribution in [1.82, 2.24) is 0 Å². The lowest BCUT2D eigenvalue weighted by atomic mass is 9.80. The van der Waals surface area contributed by atoms with E-state index in [1.165, 1.54) is 6.07 Å². The van der Waals surface area contributed by atoms with Crippen LogP contribution in [0.25, 0.3) is 0 Å². The fraction of sp³-hybridized carbons (Fsp3) is 0.533. The first-order valence-corrected chi connectivity index (χ1v) is 6.61. The minimum Gasteiger partial charge on any atom is -0.464 e. The standard InChI is InChI=1S/C15H21FO3/c1-4-10-15(18,14(17)19-5-2)11(3)12-8-6-7-9-13(12)16/h6-9,11,18H,4-5,10H2,1-3H3. The molecule has 0 saturated carbocycles. The molecule has 0 aliphatic carbocycles. The van der Waals surface area contributed by atoms with Crippen LogP contribution in [0.2, 0.25) is 0 Å². The van der Waals surface area contributed by atoms with Crippen molar-refractivity contribution in [2.24, 2.45) is 0 Å². The van der Waals surface area contributed by atoms with Crippen molar-refractivity contribution in [2.45, 2.75) is 45.1 Å². The van der Waals surface area contributed by atoms with Crippen molar-refractivity contribution in [3.63, 3.8) is 0 Å². The van der Waals surface area contributed by atoms with E-state index in [9.17, 15) is 14.3 Å². The van der Waals surface area contributed by atoms with Crippen molar-refractivity contribution in [1.29, 1.82) is 0 Å². The van der Waals surface area contributed by atoms with Crippen LogP contribution in [0, 0.1) is 5.82 Å². The van der Waals surface area contributed by atoms with Gasteiger partial charge in [-0.05, 0) is 25.0 Å². The molecule has 0 aliphatic heterocycles. The first-order valence-electron chi connectivity index (χ1n) is 6.61. The van der Waals surface area contributed by atoms with Gasteiger partial charge >= 0.3 is 5.97 Å². The number of benzene rings is 1. The SMILES string of the molecule is CCCC(O)(C(=O)OCC)C(C)c1ccccc1F. The van der Waals surface area contributed by atoms with E-state index in [4.69, 9.17) is 4.74 Å². The predicted octanol–water partition coefficient (Wildman–Crippen LogP) is 3.02. The molecule has 1 aromatic rings. The van der Waals surface area contributed by atoms with Crippen LogP contribution in [0.1, 0.15) is 45.1 Å². The Hall–Kier alpha value is -1.42. The van der Waals surface area contributed by atoms with Gasteiger partial charge in [0.25, 0.3) is 0 Å². The third kappa shape index (κ3) is 3.32. The Bertz CT molecular complexity index is 433. The monoisotopic (exact) mass is 268 g/mol. The van der Waals surface area contributed by atoms with Crippen LogP contribution >= 0.6 is 0 Å². The zero-order valence-corrected chi connectivity index (χ0v) is 11.6. The molecular weight excluding hydrogens is 247 g/mol. The summed E-state index contributed by atoms with van der Waals surface area (Å²) >= 11 is 0. The molecule has 0 saturated heterocycles. The van der Waals surface area contributed by atoms with E-state index in [-0.39, 0.29) is 13.0 Å². The number of ether oxygens (including phenoxy) is 1. The molecule has 4 heteroatoms. The van der Waals surface area contributed by atoms with E-state index in [0.29, 0.717) is 12.0 Å². The number of halogens is 1. The smallest absolute Gasteiger partial charge is 0.338 e. The minimum atomic E-state index is -1.69. The van der Waals surface area contributed by atoms with Crippen LogP contribution in [0.3, 0.4) is 0 Å². The van der Waals surface area contributed by atoms with Gasteiger partial charge < -0.3 is 9.84 Å². The van der Waals surface area contributed by atoms with Crippen molar-refractivity contribution in [2.75, 3.05) is 6.61 Å². The van der Waals surface area contributed by atoms with Gasteiger partial charge in [0.1, 0.15) is 5.82 Å². The van der Waals surface area contributed by atoms with Crippen LogP contribution in [-0.4, -0.2) is 23.3 Å². The summed E-state index contributed by atoms with van der Waals surface area (Å²) in [5.74, 6) is -1.77. The van der Waals surface area contributed by atoms with Gasteiger partial charge in [-0.25, -0.2) is 9.18 Å². The summed E-state index contributed by atoms with van der Waals surface area (Å²) in [6.45, 7) is 5.37. The van der Waals surface area contributed by atoms with Crippen LogP contribution in [0.4, 0.5) is 4.39 Å². The zero-order chi connectivity index (χ0) is 14.5. The highest BCUT2D eigenvalue weighted by molar-refractivity contribution is 5.80. The second-order valence-electron chi connectivity index (χ2n) is 4.64. The molecule has 0 heterocycles. The summed E-state index contributed by atoms with van der Waals surface area (Å²) in [4.78, 5) is 12.0. The molecule has 2 atom stereocenters. The topological polar surface area (TPSA) is 46.5 Å². The molecule has 0 aliphatic rings. The highest BCUT2D eigenvalue weighted by Crippen LogP contribution is 2.34. The Labute approximate surface area is 113 Å². The van der Waals surface area contributed by atoms with Gasteiger partial charge in [0, 0.05) is 5.92 Å². The third-order valence-corrected chi connectivity index (χ3v) is 3.35. The molecule has 0 aromatic heterocycles. The second kappa shape index (κ2) is 6.66. The maximum absolute atomic E-state index is 13.8. The van der Waals surface area contributed by atoms with Crippen LogP contribution in [0.15, 0.2) is 24.3 Å². The minimum absolute atomic E-state index is 0.189. The van der Waals surface area contributed by atoms with Gasteiger partial charge in [-0.15, -0.1) is 0 Å². The molecule has 19 heavy (non-hydrogen) atoms. The van der Waals surface area contributed by atoms with Gasteiger partial charge in [0.2, 0.25) is 0 Å². The van der Waals surface area contributed by atoms with Crippen LogP contribution < -0.4 is 0 Å². The van der Waals surface area contributed by atoms with E-state index in [0.717, 1.165) is 0 Å². The Morgan fingerprint density at radius 2 is 2.05 bits per heavy atom. The van der Waals surface area contributed by atoms with E-state index in [1.54, 1.807) is 32.0 Å².